The number of carbonyl (C=O) groups excluding carboxylic acids is 2. The summed E-state index contributed by atoms with van der Waals surface area (Å²) in [7, 11) is -3.89. The van der Waals surface area contributed by atoms with Crippen molar-refractivity contribution < 1.29 is 18.0 Å². The van der Waals surface area contributed by atoms with Gasteiger partial charge in [-0.2, -0.15) is 0 Å². The quantitative estimate of drug-likeness (QED) is 0.451. The number of nitrogens with one attached hydrogen (secondary N) is 1. The van der Waals surface area contributed by atoms with Gasteiger partial charge in [0.2, 0.25) is 21.8 Å². The molecule has 10 heteroatoms. The van der Waals surface area contributed by atoms with E-state index < -0.39 is 28.5 Å². The first-order chi connectivity index (χ1) is 17.0. The number of sulfonamides is 1. The second-order valence-electron chi connectivity index (χ2n) is 9.26. The van der Waals surface area contributed by atoms with E-state index in [9.17, 15) is 18.0 Å². The van der Waals surface area contributed by atoms with Gasteiger partial charge in [0.05, 0.1) is 22.0 Å². The Bertz CT molecular complexity index is 1180. The van der Waals surface area contributed by atoms with Crippen LogP contribution in [0.15, 0.2) is 42.5 Å². The predicted octanol–water partition coefficient (Wildman–Crippen LogP) is 4.93. The van der Waals surface area contributed by atoms with Crippen molar-refractivity contribution in [3.05, 3.63) is 63.6 Å². The summed E-state index contributed by atoms with van der Waals surface area (Å²) in [5.41, 5.74) is 2.02. The van der Waals surface area contributed by atoms with Gasteiger partial charge in [-0.25, -0.2) is 8.42 Å². The van der Waals surface area contributed by atoms with Gasteiger partial charge in [0, 0.05) is 12.6 Å². The van der Waals surface area contributed by atoms with E-state index in [4.69, 9.17) is 23.2 Å². The van der Waals surface area contributed by atoms with Crippen LogP contribution in [0.5, 0.6) is 0 Å². The Balaban J connectivity index is 1.94. The van der Waals surface area contributed by atoms with Crippen molar-refractivity contribution in [2.24, 2.45) is 0 Å². The molecule has 1 aliphatic rings. The average molecular weight is 555 g/mol. The number of carbonyl (C=O) groups is 2. The molecule has 0 bridgehead atoms. The number of aryl methyl sites for hydroxylation is 1. The van der Waals surface area contributed by atoms with Gasteiger partial charge in [0.25, 0.3) is 0 Å². The van der Waals surface area contributed by atoms with Gasteiger partial charge in [0.15, 0.2) is 0 Å². The van der Waals surface area contributed by atoms with Crippen LogP contribution in [-0.2, 0) is 26.2 Å². The summed E-state index contributed by atoms with van der Waals surface area (Å²) < 4.78 is 26.4. The largest absolute Gasteiger partial charge is 0.352 e. The van der Waals surface area contributed by atoms with Crippen LogP contribution in [0.2, 0.25) is 10.0 Å². The van der Waals surface area contributed by atoms with Crippen LogP contribution in [0.25, 0.3) is 0 Å². The van der Waals surface area contributed by atoms with E-state index in [0.717, 1.165) is 47.4 Å². The van der Waals surface area contributed by atoms with Crippen molar-refractivity contribution in [2.75, 3.05) is 17.1 Å². The molecule has 0 heterocycles. The molecule has 0 saturated heterocycles. The average Bonchev–Trinajstić information content (AvgIpc) is 3.33. The maximum atomic E-state index is 13.7. The fourth-order valence-electron chi connectivity index (χ4n) is 4.46. The van der Waals surface area contributed by atoms with Gasteiger partial charge >= 0.3 is 0 Å². The van der Waals surface area contributed by atoms with Crippen LogP contribution in [0.1, 0.15) is 50.2 Å². The summed E-state index contributed by atoms with van der Waals surface area (Å²) in [5.74, 6) is -0.734. The zero-order valence-electron chi connectivity index (χ0n) is 20.8. The van der Waals surface area contributed by atoms with Gasteiger partial charge < -0.3 is 10.2 Å². The number of halogens is 2. The standard InChI is InChI=1S/C26H33Cl2N3O4S/c1-4-22(26(33)29-20-8-5-6-9-20)30(16-19-14-12-18(2)13-15-19)24(32)17-31(36(3,34)35)23-11-7-10-21(27)25(23)28/h7,10-15,20,22H,4-6,8-9,16-17H2,1-3H3,(H,29,33)/t22-/m1/s1. The minimum Gasteiger partial charge on any atom is -0.352 e. The summed E-state index contributed by atoms with van der Waals surface area (Å²) in [6.07, 6.45) is 5.36. The summed E-state index contributed by atoms with van der Waals surface area (Å²) in [5, 5.41) is 3.30. The van der Waals surface area contributed by atoms with Crippen LogP contribution < -0.4 is 9.62 Å². The van der Waals surface area contributed by atoms with Crippen molar-refractivity contribution in [1.82, 2.24) is 10.2 Å². The van der Waals surface area contributed by atoms with Crippen molar-refractivity contribution in [2.45, 2.75) is 64.6 Å². The first-order valence-electron chi connectivity index (χ1n) is 12.1. The minimum absolute atomic E-state index is 0.0356. The third-order valence-electron chi connectivity index (χ3n) is 6.44. The summed E-state index contributed by atoms with van der Waals surface area (Å²) in [4.78, 5) is 28.5. The number of benzene rings is 2. The number of rotatable bonds is 10. The number of nitrogens with zero attached hydrogens (tertiary/aromatic N) is 2. The second kappa shape index (κ2) is 12.3. The molecule has 1 saturated carbocycles. The fraction of sp³-hybridized carbons (Fsp3) is 0.462. The summed E-state index contributed by atoms with van der Waals surface area (Å²) in [6.45, 7) is 3.46. The molecular formula is C26H33Cl2N3O4S. The van der Waals surface area contributed by atoms with Crippen molar-refractivity contribution >= 4 is 50.7 Å². The van der Waals surface area contributed by atoms with E-state index in [0.29, 0.717) is 6.42 Å². The zero-order chi connectivity index (χ0) is 26.5. The Morgan fingerprint density at radius 1 is 1.08 bits per heavy atom. The van der Waals surface area contributed by atoms with E-state index >= 15 is 0 Å². The first-order valence-corrected chi connectivity index (χ1v) is 14.7. The monoisotopic (exact) mass is 553 g/mol. The van der Waals surface area contributed by atoms with E-state index in [1.54, 1.807) is 12.1 Å². The Hall–Kier alpha value is -2.29. The molecule has 7 nitrogen and oxygen atoms in total. The van der Waals surface area contributed by atoms with Crippen molar-refractivity contribution in [3.8, 4) is 0 Å². The molecule has 36 heavy (non-hydrogen) atoms. The van der Waals surface area contributed by atoms with E-state index in [-0.39, 0.29) is 34.2 Å². The SMILES string of the molecule is CC[C@H](C(=O)NC1CCCC1)N(Cc1ccc(C)cc1)C(=O)CN(c1cccc(Cl)c1Cl)S(C)(=O)=O. The molecular weight excluding hydrogens is 521 g/mol. The molecule has 1 aliphatic carbocycles. The summed E-state index contributed by atoms with van der Waals surface area (Å²) >= 11 is 12.4. The van der Waals surface area contributed by atoms with Crippen molar-refractivity contribution in [3.63, 3.8) is 0 Å². The second-order valence-corrected chi connectivity index (χ2v) is 12.0. The van der Waals surface area contributed by atoms with Crippen LogP contribution >= 0.6 is 23.2 Å². The fourth-order valence-corrected chi connectivity index (χ4v) is 5.76. The van der Waals surface area contributed by atoms with Gasteiger partial charge in [-0.15, -0.1) is 0 Å². The van der Waals surface area contributed by atoms with Crippen molar-refractivity contribution in [1.29, 1.82) is 0 Å². The lowest BCUT2D eigenvalue weighted by molar-refractivity contribution is -0.140. The van der Waals surface area contributed by atoms with Crippen LogP contribution in [-0.4, -0.2) is 50.0 Å². The Labute approximate surface area is 223 Å². The maximum Gasteiger partial charge on any atom is 0.244 e. The van der Waals surface area contributed by atoms with E-state index in [1.807, 2.05) is 38.1 Å². The molecule has 0 aromatic heterocycles. The highest BCUT2D eigenvalue weighted by molar-refractivity contribution is 7.92. The number of hydrogen-bond acceptors (Lipinski definition) is 4. The highest BCUT2D eigenvalue weighted by Gasteiger charge is 2.33. The molecule has 196 valence electrons. The molecule has 0 unspecified atom stereocenters. The molecule has 2 amide bonds. The number of anilines is 1. The molecule has 0 radical (unpaired) electrons. The van der Waals surface area contributed by atoms with E-state index in [1.165, 1.54) is 11.0 Å². The van der Waals surface area contributed by atoms with Gasteiger partial charge in [-0.05, 0) is 43.9 Å². The van der Waals surface area contributed by atoms with Gasteiger partial charge in [0.1, 0.15) is 12.6 Å². The van der Waals surface area contributed by atoms with Gasteiger partial charge in [-0.1, -0.05) is 78.9 Å². The first kappa shape index (κ1) is 28.3. The lowest BCUT2D eigenvalue weighted by Gasteiger charge is -2.33. The third-order valence-corrected chi connectivity index (χ3v) is 8.38. The van der Waals surface area contributed by atoms with E-state index in [2.05, 4.69) is 5.32 Å². The third kappa shape index (κ3) is 7.14. The van der Waals surface area contributed by atoms with Crippen LogP contribution in [0, 0.1) is 6.92 Å². The Kier molecular flexibility index (Phi) is 9.66. The Morgan fingerprint density at radius 3 is 2.31 bits per heavy atom. The molecule has 2 aromatic carbocycles. The molecule has 1 fully saturated rings. The zero-order valence-corrected chi connectivity index (χ0v) is 23.2. The molecule has 3 rings (SSSR count). The number of amides is 2. The normalized spacial score (nSPS) is 14.9. The van der Waals surface area contributed by atoms with Crippen LogP contribution in [0.4, 0.5) is 5.69 Å². The Morgan fingerprint density at radius 2 is 1.72 bits per heavy atom. The highest BCUT2D eigenvalue weighted by atomic mass is 35.5. The topological polar surface area (TPSA) is 86.8 Å². The maximum absolute atomic E-state index is 13.7. The lowest BCUT2D eigenvalue weighted by atomic mass is 10.1. The molecule has 1 atom stereocenters. The minimum atomic E-state index is -3.89. The molecule has 2 aromatic rings. The van der Waals surface area contributed by atoms with Crippen LogP contribution in [0.3, 0.4) is 0 Å². The number of hydrogen-bond donors (Lipinski definition) is 1. The summed E-state index contributed by atoms with van der Waals surface area (Å²) in [6, 6.07) is 11.6. The predicted molar refractivity (Wildman–Crippen MR) is 145 cm³/mol. The molecule has 0 aliphatic heterocycles. The lowest BCUT2D eigenvalue weighted by Crippen LogP contribution is -2.53. The molecule has 0 spiro atoms. The smallest absolute Gasteiger partial charge is 0.244 e. The van der Waals surface area contributed by atoms with Gasteiger partial charge in [-0.3, -0.25) is 13.9 Å². The highest BCUT2D eigenvalue weighted by Crippen LogP contribution is 2.34. The molecule has 1 N–H and O–H groups in total.